The van der Waals surface area contributed by atoms with Gasteiger partial charge in [-0.05, 0) is 57.8 Å². The maximum Gasteiger partial charge on any atom is 0.311 e. The van der Waals surface area contributed by atoms with E-state index in [9.17, 15) is 4.79 Å². The summed E-state index contributed by atoms with van der Waals surface area (Å²) in [6.45, 7) is 12.7. The Morgan fingerprint density at radius 1 is 1.24 bits per heavy atom. The lowest BCUT2D eigenvalue weighted by atomic mass is 9.68. The summed E-state index contributed by atoms with van der Waals surface area (Å²) in [5.74, 6) is 0.650. The number of hydrogen-bond acceptors (Lipinski definition) is 2. The molecule has 1 aliphatic rings. The maximum absolute atomic E-state index is 11.8. The van der Waals surface area contributed by atoms with Gasteiger partial charge in [-0.1, -0.05) is 20.8 Å². The van der Waals surface area contributed by atoms with E-state index in [-0.39, 0.29) is 17.5 Å². The maximum atomic E-state index is 11.8. The molecule has 1 saturated carbocycles. The zero-order valence-corrected chi connectivity index (χ0v) is 12.3. The standard InChI is InChI=1S/C15H28O2/c1-11(2)15(6)9-7-12(8-10-15)17-13(16)14(3,4)5/h11-12H,7-10H2,1-6H3. The third-order valence-electron chi connectivity index (χ3n) is 4.35. The van der Waals surface area contributed by atoms with Crippen LogP contribution in [0.5, 0.6) is 0 Å². The second kappa shape index (κ2) is 4.99. The average molecular weight is 240 g/mol. The fourth-order valence-electron chi connectivity index (χ4n) is 2.27. The second-order valence-electron chi connectivity index (χ2n) is 7.16. The summed E-state index contributed by atoms with van der Waals surface area (Å²) in [4.78, 5) is 11.8. The van der Waals surface area contributed by atoms with Gasteiger partial charge in [0, 0.05) is 0 Å². The Morgan fingerprint density at radius 2 is 1.71 bits per heavy atom. The van der Waals surface area contributed by atoms with Gasteiger partial charge >= 0.3 is 5.97 Å². The van der Waals surface area contributed by atoms with Gasteiger partial charge in [-0.25, -0.2) is 0 Å². The highest BCUT2D eigenvalue weighted by Gasteiger charge is 2.36. The Kier molecular flexibility index (Phi) is 4.27. The van der Waals surface area contributed by atoms with Crippen molar-refractivity contribution < 1.29 is 9.53 Å². The van der Waals surface area contributed by atoms with Gasteiger partial charge in [0.1, 0.15) is 6.10 Å². The summed E-state index contributed by atoms with van der Waals surface area (Å²) < 4.78 is 5.59. The van der Waals surface area contributed by atoms with Crippen LogP contribution in [0.4, 0.5) is 0 Å². The van der Waals surface area contributed by atoms with Crippen molar-refractivity contribution in [1.82, 2.24) is 0 Å². The van der Waals surface area contributed by atoms with Gasteiger partial charge in [0.2, 0.25) is 0 Å². The first-order chi connectivity index (χ1) is 7.65. The molecule has 0 bridgehead atoms. The van der Waals surface area contributed by atoms with Crippen LogP contribution >= 0.6 is 0 Å². The number of carbonyl (C=O) groups excluding carboxylic acids is 1. The van der Waals surface area contributed by atoms with Crippen molar-refractivity contribution in [2.24, 2.45) is 16.7 Å². The molecule has 0 unspecified atom stereocenters. The molecule has 0 radical (unpaired) electrons. The van der Waals surface area contributed by atoms with Gasteiger partial charge in [-0.2, -0.15) is 0 Å². The fourth-order valence-corrected chi connectivity index (χ4v) is 2.27. The number of hydrogen-bond donors (Lipinski definition) is 0. The van der Waals surface area contributed by atoms with Gasteiger partial charge in [0.05, 0.1) is 5.41 Å². The Bertz CT molecular complexity index is 265. The smallest absolute Gasteiger partial charge is 0.311 e. The van der Waals surface area contributed by atoms with Crippen LogP contribution in [0.25, 0.3) is 0 Å². The second-order valence-corrected chi connectivity index (χ2v) is 7.16. The molecule has 0 amide bonds. The SMILES string of the molecule is CC(C)C1(C)CCC(OC(=O)C(C)(C)C)CC1. The minimum Gasteiger partial charge on any atom is -0.462 e. The highest BCUT2D eigenvalue weighted by atomic mass is 16.5. The molecule has 0 aromatic carbocycles. The van der Waals surface area contributed by atoms with Crippen LogP contribution in [0, 0.1) is 16.7 Å². The lowest BCUT2D eigenvalue weighted by Crippen LogP contribution is -2.35. The molecular formula is C15H28O2. The van der Waals surface area contributed by atoms with Crippen LogP contribution in [-0.2, 0) is 9.53 Å². The molecule has 1 rings (SSSR count). The summed E-state index contributed by atoms with van der Waals surface area (Å²) in [5.41, 5.74) is 0.0590. The van der Waals surface area contributed by atoms with Crippen LogP contribution in [0.15, 0.2) is 0 Å². The molecule has 0 atom stereocenters. The van der Waals surface area contributed by atoms with Crippen molar-refractivity contribution in [3.63, 3.8) is 0 Å². The molecule has 0 saturated heterocycles. The van der Waals surface area contributed by atoms with Gasteiger partial charge < -0.3 is 4.74 Å². The summed E-state index contributed by atoms with van der Waals surface area (Å²) in [7, 11) is 0. The molecular weight excluding hydrogens is 212 g/mol. The first kappa shape index (κ1) is 14.5. The van der Waals surface area contributed by atoms with Crippen molar-refractivity contribution in [3.8, 4) is 0 Å². The molecule has 17 heavy (non-hydrogen) atoms. The highest BCUT2D eigenvalue weighted by molar-refractivity contribution is 5.75. The van der Waals surface area contributed by atoms with Crippen LogP contribution in [0.1, 0.15) is 67.2 Å². The lowest BCUT2D eigenvalue weighted by Gasteiger charge is -2.40. The lowest BCUT2D eigenvalue weighted by molar-refractivity contribution is -0.161. The minimum atomic E-state index is -0.376. The Labute approximate surface area is 106 Å². The number of carbonyl (C=O) groups is 1. The molecule has 100 valence electrons. The van der Waals surface area contributed by atoms with E-state index in [1.54, 1.807) is 0 Å². The van der Waals surface area contributed by atoms with Crippen molar-refractivity contribution in [1.29, 1.82) is 0 Å². The van der Waals surface area contributed by atoms with E-state index in [0.29, 0.717) is 11.3 Å². The predicted octanol–water partition coefficient (Wildman–Crippen LogP) is 4.18. The summed E-state index contributed by atoms with van der Waals surface area (Å²) >= 11 is 0. The molecule has 2 nitrogen and oxygen atoms in total. The monoisotopic (exact) mass is 240 g/mol. The van der Waals surface area contributed by atoms with E-state index in [0.717, 1.165) is 12.8 Å². The molecule has 0 heterocycles. The molecule has 0 N–H and O–H groups in total. The molecule has 1 fully saturated rings. The molecule has 1 aliphatic carbocycles. The van der Waals surface area contributed by atoms with Crippen molar-refractivity contribution in [2.45, 2.75) is 73.3 Å². The third-order valence-corrected chi connectivity index (χ3v) is 4.35. The predicted molar refractivity (Wildman–Crippen MR) is 70.7 cm³/mol. The zero-order valence-electron chi connectivity index (χ0n) is 12.3. The Hall–Kier alpha value is -0.530. The minimum absolute atomic E-state index is 0.0596. The van der Waals surface area contributed by atoms with E-state index in [1.165, 1.54) is 12.8 Å². The van der Waals surface area contributed by atoms with Gasteiger partial charge in [0.15, 0.2) is 0 Å². The number of esters is 1. The Balaban J connectivity index is 2.46. The van der Waals surface area contributed by atoms with Gasteiger partial charge in [0.25, 0.3) is 0 Å². The van der Waals surface area contributed by atoms with Gasteiger partial charge in [-0.15, -0.1) is 0 Å². The molecule has 0 spiro atoms. The largest absolute Gasteiger partial charge is 0.462 e. The summed E-state index contributed by atoms with van der Waals surface area (Å²) in [5, 5.41) is 0. The molecule has 0 aromatic rings. The molecule has 2 heteroatoms. The summed E-state index contributed by atoms with van der Waals surface area (Å²) in [6, 6.07) is 0. The zero-order chi connectivity index (χ0) is 13.3. The molecule has 0 aromatic heterocycles. The third kappa shape index (κ3) is 3.72. The van der Waals surface area contributed by atoms with Crippen LogP contribution in [0.2, 0.25) is 0 Å². The Morgan fingerprint density at radius 3 is 2.06 bits per heavy atom. The summed E-state index contributed by atoms with van der Waals surface area (Å²) in [6.07, 6.45) is 4.54. The van der Waals surface area contributed by atoms with E-state index in [1.807, 2.05) is 20.8 Å². The number of rotatable bonds is 2. The van der Waals surface area contributed by atoms with Crippen molar-refractivity contribution >= 4 is 5.97 Å². The van der Waals surface area contributed by atoms with E-state index in [4.69, 9.17) is 4.74 Å². The fraction of sp³-hybridized carbons (Fsp3) is 0.933. The molecule has 0 aliphatic heterocycles. The van der Waals surface area contributed by atoms with E-state index < -0.39 is 0 Å². The van der Waals surface area contributed by atoms with Gasteiger partial charge in [-0.3, -0.25) is 4.79 Å². The topological polar surface area (TPSA) is 26.3 Å². The van der Waals surface area contributed by atoms with Crippen LogP contribution in [0.3, 0.4) is 0 Å². The number of ether oxygens (including phenoxy) is 1. The van der Waals surface area contributed by atoms with E-state index >= 15 is 0 Å². The average Bonchev–Trinajstić information content (AvgIpc) is 2.20. The quantitative estimate of drug-likeness (QED) is 0.677. The normalized spacial score (nSPS) is 30.4. The van der Waals surface area contributed by atoms with Crippen LogP contribution in [-0.4, -0.2) is 12.1 Å². The van der Waals surface area contributed by atoms with Crippen LogP contribution < -0.4 is 0 Å². The van der Waals surface area contributed by atoms with Crippen molar-refractivity contribution in [3.05, 3.63) is 0 Å². The van der Waals surface area contributed by atoms with E-state index in [2.05, 4.69) is 20.8 Å². The first-order valence-electron chi connectivity index (χ1n) is 6.86. The first-order valence-corrected chi connectivity index (χ1v) is 6.86. The van der Waals surface area contributed by atoms with Crippen molar-refractivity contribution in [2.75, 3.05) is 0 Å². The highest BCUT2D eigenvalue weighted by Crippen LogP contribution is 2.42.